The highest BCUT2D eigenvalue weighted by Crippen LogP contribution is 2.36. The number of carbonyl (C=O) groups is 1. The van der Waals surface area contributed by atoms with Crippen molar-refractivity contribution in [2.45, 2.75) is 19.8 Å². The molecule has 0 bridgehead atoms. The molecule has 0 radical (unpaired) electrons. The molecule has 2 aromatic carbocycles. The predicted molar refractivity (Wildman–Crippen MR) is 116 cm³/mol. The Morgan fingerprint density at radius 1 is 1.10 bits per heavy atom. The molecule has 6 nitrogen and oxygen atoms in total. The summed E-state index contributed by atoms with van der Waals surface area (Å²) < 4.78 is 10.9. The number of esters is 1. The average molecular weight is 413 g/mol. The highest BCUT2D eigenvalue weighted by atomic mass is 32.2. The van der Waals surface area contributed by atoms with Gasteiger partial charge in [0.05, 0.1) is 17.3 Å². The van der Waals surface area contributed by atoms with Gasteiger partial charge in [0.1, 0.15) is 18.8 Å². The standard InChI is InChI=1S/C22H24N2O4S/c1-3-27-19-13-11-18(12-14-19)23-21(17-9-10-17)29-15-28-22(25)20(24-26-2)16-7-5-4-6-8-16/h4-8,11-14,17H,3,9-10,15H2,1-2H3. The number of hydrogen-bond acceptors (Lipinski definition) is 7. The van der Waals surface area contributed by atoms with Crippen LogP contribution in [0.5, 0.6) is 5.75 Å². The van der Waals surface area contributed by atoms with Crippen molar-refractivity contribution in [2.24, 2.45) is 16.1 Å². The maximum atomic E-state index is 12.5. The van der Waals surface area contributed by atoms with Gasteiger partial charge in [-0.15, -0.1) is 0 Å². The Bertz CT molecular complexity index is 862. The fourth-order valence-corrected chi connectivity index (χ4v) is 3.52. The van der Waals surface area contributed by atoms with Crippen LogP contribution in [0.1, 0.15) is 25.3 Å². The molecule has 1 aliphatic carbocycles. The third kappa shape index (κ3) is 6.35. The van der Waals surface area contributed by atoms with E-state index in [-0.39, 0.29) is 11.7 Å². The monoisotopic (exact) mass is 412 g/mol. The van der Waals surface area contributed by atoms with Crippen LogP contribution in [0.4, 0.5) is 5.69 Å². The van der Waals surface area contributed by atoms with Gasteiger partial charge in [-0.1, -0.05) is 47.2 Å². The number of oxime groups is 1. The number of rotatable bonds is 9. The SMILES string of the molecule is CCOc1ccc(N=C(SCOC(=O)C(=NOC)c2ccccc2)C2CC2)cc1. The lowest BCUT2D eigenvalue weighted by Gasteiger charge is -2.09. The highest BCUT2D eigenvalue weighted by molar-refractivity contribution is 8.13. The molecule has 7 heteroatoms. The summed E-state index contributed by atoms with van der Waals surface area (Å²) in [5.74, 6) is 0.904. The summed E-state index contributed by atoms with van der Waals surface area (Å²) in [6.45, 7) is 2.59. The molecule has 0 aliphatic heterocycles. The van der Waals surface area contributed by atoms with Crippen molar-refractivity contribution in [3.8, 4) is 5.75 Å². The Morgan fingerprint density at radius 2 is 1.83 bits per heavy atom. The lowest BCUT2D eigenvalue weighted by molar-refractivity contribution is -0.133. The fraction of sp³-hybridized carbons (Fsp3) is 0.318. The largest absolute Gasteiger partial charge is 0.494 e. The normalized spacial score (nSPS) is 14.4. The van der Waals surface area contributed by atoms with Crippen LogP contribution in [-0.2, 0) is 14.4 Å². The van der Waals surface area contributed by atoms with E-state index < -0.39 is 5.97 Å². The van der Waals surface area contributed by atoms with Gasteiger partial charge < -0.3 is 14.3 Å². The smallest absolute Gasteiger partial charge is 0.361 e. The van der Waals surface area contributed by atoms with Gasteiger partial charge in [-0.05, 0) is 44.0 Å². The third-order valence-electron chi connectivity index (χ3n) is 4.13. The lowest BCUT2D eigenvalue weighted by atomic mass is 10.1. The Balaban J connectivity index is 1.60. The van der Waals surface area contributed by atoms with Gasteiger partial charge in [0.25, 0.3) is 0 Å². The van der Waals surface area contributed by atoms with Gasteiger partial charge in [-0.2, -0.15) is 0 Å². The van der Waals surface area contributed by atoms with Crippen LogP contribution in [0.3, 0.4) is 0 Å². The van der Waals surface area contributed by atoms with E-state index in [1.807, 2.05) is 49.4 Å². The van der Waals surface area contributed by atoms with Crippen molar-refractivity contribution in [3.05, 3.63) is 60.2 Å². The highest BCUT2D eigenvalue weighted by Gasteiger charge is 2.28. The molecule has 29 heavy (non-hydrogen) atoms. The molecular weight excluding hydrogens is 388 g/mol. The molecule has 0 amide bonds. The number of ether oxygens (including phenoxy) is 2. The van der Waals surface area contributed by atoms with E-state index in [9.17, 15) is 4.79 Å². The fourth-order valence-electron chi connectivity index (χ4n) is 2.59. The first kappa shape index (κ1) is 20.9. The summed E-state index contributed by atoms with van der Waals surface area (Å²) in [4.78, 5) is 22.0. The second kappa shape index (κ2) is 10.7. The Morgan fingerprint density at radius 3 is 2.45 bits per heavy atom. The third-order valence-corrected chi connectivity index (χ3v) is 5.09. The van der Waals surface area contributed by atoms with Crippen LogP contribution in [0.15, 0.2) is 64.7 Å². The lowest BCUT2D eigenvalue weighted by Crippen LogP contribution is -2.19. The van der Waals surface area contributed by atoms with E-state index in [0.29, 0.717) is 18.1 Å². The Hall–Kier alpha value is -2.80. The molecule has 2 aromatic rings. The number of benzene rings is 2. The Labute approximate surface area is 175 Å². The zero-order valence-electron chi connectivity index (χ0n) is 16.5. The van der Waals surface area contributed by atoms with E-state index in [2.05, 4.69) is 5.16 Å². The van der Waals surface area contributed by atoms with Crippen molar-refractivity contribution < 1.29 is 19.1 Å². The number of aliphatic imine (C=N–C) groups is 1. The summed E-state index contributed by atoms with van der Waals surface area (Å²) >= 11 is 1.44. The topological polar surface area (TPSA) is 69.5 Å². The number of carbonyl (C=O) groups excluding carboxylic acids is 1. The predicted octanol–water partition coefficient (Wildman–Crippen LogP) is 4.81. The van der Waals surface area contributed by atoms with E-state index in [1.165, 1.54) is 18.9 Å². The van der Waals surface area contributed by atoms with Gasteiger partial charge >= 0.3 is 5.97 Å². The molecular formula is C22H24N2O4S. The maximum absolute atomic E-state index is 12.5. The quantitative estimate of drug-likeness (QED) is 0.194. The van der Waals surface area contributed by atoms with Gasteiger partial charge in [0.15, 0.2) is 5.71 Å². The molecule has 1 aliphatic rings. The average Bonchev–Trinajstić information content (AvgIpc) is 3.59. The number of nitrogens with zero attached hydrogens (tertiary/aromatic N) is 2. The van der Waals surface area contributed by atoms with Crippen LogP contribution in [0, 0.1) is 5.92 Å². The molecule has 0 unspecified atom stereocenters. The van der Waals surface area contributed by atoms with Crippen molar-refractivity contribution in [2.75, 3.05) is 19.7 Å². The molecule has 0 atom stereocenters. The van der Waals surface area contributed by atoms with Gasteiger partial charge in [0.2, 0.25) is 0 Å². The van der Waals surface area contributed by atoms with Crippen LogP contribution in [0.2, 0.25) is 0 Å². The molecule has 0 heterocycles. The van der Waals surface area contributed by atoms with E-state index in [4.69, 9.17) is 19.3 Å². The second-order valence-electron chi connectivity index (χ2n) is 6.33. The summed E-state index contributed by atoms with van der Waals surface area (Å²) in [7, 11) is 1.40. The van der Waals surface area contributed by atoms with Gasteiger partial charge in [-0.3, -0.25) is 0 Å². The van der Waals surface area contributed by atoms with Crippen molar-refractivity contribution in [1.82, 2.24) is 0 Å². The zero-order chi connectivity index (χ0) is 20.5. The van der Waals surface area contributed by atoms with Crippen LogP contribution < -0.4 is 4.74 Å². The van der Waals surface area contributed by atoms with Gasteiger partial charge in [0, 0.05) is 11.5 Å². The molecule has 0 saturated heterocycles. The van der Waals surface area contributed by atoms with E-state index in [0.717, 1.165) is 29.3 Å². The second-order valence-corrected chi connectivity index (χ2v) is 7.28. The van der Waals surface area contributed by atoms with Gasteiger partial charge in [-0.25, -0.2) is 9.79 Å². The minimum atomic E-state index is -0.526. The molecule has 3 rings (SSSR count). The minimum Gasteiger partial charge on any atom is -0.494 e. The van der Waals surface area contributed by atoms with Crippen LogP contribution in [-0.4, -0.2) is 36.4 Å². The molecule has 0 N–H and O–H groups in total. The first-order chi connectivity index (χ1) is 14.2. The first-order valence-electron chi connectivity index (χ1n) is 9.49. The van der Waals surface area contributed by atoms with Crippen molar-refractivity contribution >= 4 is 34.2 Å². The van der Waals surface area contributed by atoms with Crippen molar-refractivity contribution in [3.63, 3.8) is 0 Å². The van der Waals surface area contributed by atoms with E-state index in [1.54, 1.807) is 12.1 Å². The van der Waals surface area contributed by atoms with Crippen molar-refractivity contribution in [1.29, 1.82) is 0 Å². The molecule has 1 saturated carbocycles. The first-order valence-corrected chi connectivity index (χ1v) is 10.5. The number of hydrogen-bond donors (Lipinski definition) is 0. The summed E-state index contributed by atoms with van der Waals surface area (Å²) in [5, 5.41) is 4.80. The summed E-state index contributed by atoms with van der Waals surface area (Å²) in [5.41, 5.74) is 1.65. The van der Waals surface area contributed by atoms with E-state index >= 15 is 0 Å². The minimum absolute atomic E-state index is 0.144. The molecule has 0 aromatic heterocycles. The van der Waals surface area contributed by atoms with Crippen LogP contribution >= 0.6 is 11.8 Å². The molecule has 0 spiro atoms. The molecule has 152 valence electrons. The Kier molecular flexibility index (Phi) is 7.69. The summed E-state index contributed by atoms with van der Waals surface area (Å²) in [6, 6.07) is 16.8. The molecule has 1 fully saturated rings. The van der Waals surface area contributed by atoms with Crippen LogP contribution in [0.25, 0.3) is 0 Å². The maximum Gasteiger partial charge on any atom is 0.361 e. The zero-order valence-corrected chi connectivity index (χ0v) is 17.4. The summed E-state index contributed by atoms with van der Waals surface area (Å²) in [6.07, 6.45) is 2.22. The number of thioether (sulfide) groups is 1.